The van der Waals surface area contributed by atoms with Crippen molar-refractivity contribution in [1.29, 1.82) is 0 Å². The van der Waals surface area contributed by atoms with Crippen LogP contribution in [0.25, 0.3) is 10.8 Å². The van der Waals surface area contributed by atoms with Crippen molar-refractivity contribution >= 4 is 50.8 Å². The van der Waals surface area contributed by atoms with E-state index in [2.05, 4.69) is 15.2 Å². The maximum Gasteiger partial charge on any atom is 0.377 e. The number of H-pyrrole nitrogens is 1. The van der Waals surface area contributed by atoms with Gasteiger partial charge in [0, 0.05) is 28.5 Å². The van der Waals surface area contributed by atoms with Crippen LogP contribution in [0.5, 0.6) is 0 Å². The van der Waals surface area contributed by atoms with Crippen LogP contribution in [-0.2, 0) is 0 Å². The monoisotopic (exact) mass is 462 g/mol. The summed E-state index contributed by atoms with van der Waals surface area (Å²) < 4.78 is 0. The molecule has 3 aromatic rings. The molecule has 0 aliphatic heterocycles. The Labute approximate surface area is 173 Å². The lowest BCUT2D eigenvalue weighted by Gasteiger charge is -1.98. The SMILES string of the molecule is Nc1[nH]c(/N=N/C(=[NH2+])SCC(=O)c2cccc([N+](=O)[O-])c2)c2ccccc12.[Br-]. The quantitative estimate of drug-likeness (QED) is 0.116. The summed E-state index contributed by atoms with van der Waals surface area (Å²) >= 11 is 0.995. The van der Waals surface area contributed by atoms with E-state index in [0.717, 1.165) is 22.5 Å². The Balaban J connectivity index is 0.00000280. The Kier molecular flexibility index (Phi) is 7.01. The smallest absolute Gasteiger partial charge is 0.377 e. The number of hydrogen-bond acceptors (Lipinski definition) is 6. The summed E-state index contributed by atoms with van der Waals surface area (Å²) in [6.45, 7) is 0. The van der Waals surface area contributed by atoms with Crippen LogP contribution in [0, 0.1) is 10.1 Å². The van der Waals surface area contributed by atoms with Gasteiger partial charge in [0.25, 0.3) is 5.69 Å². The molecule has 0 amide bonds. The van der Waals surface area contributed by atoms with Gasteiger partial charge in [0.1, 0.15) is 5.82 Å². The summed E-state index contributed by atoms with van der Waals surface area (Å²) in [5, 5.41) is 26.3. The summed E-state index contributed by atoms with van der Waals surface area (Å²) in [6, 6.07) is 13.0. The number of nitrogens with zero attached hydrogens (tertiary/aromatic N) is 3. The average molecular weight is 463 g/mol. The van der Waals surface area contributed by atoms with Crippen molar-refractivity contribution in [3.05, 3.63) is 64.2 Å². The highest BCUT2D eigenvalue weighted by molar-refractivity contribution is 8.14. The Morgan fingerprint density at radius 3 is 2.64 bits per heavy atom. The van der Waals surface area contributed by atoms with E-state index < -0.39 is 4.92 Å². The van der Waals surface area contributed by atoms with Crippen LogP contribution in [0.1, 0.15) is 10.4 Å². The predicted octanol–water partition coefficient (Wildman–Crippen LogP) is -0.523. The first-order valence-electron chi connectivity index (χ1n) is 7.76. The molecule has 144 valence electrons. The van der Waals surface area contributed by atoms with Crippen molar-refractivity contribution in [3.8, 4) is 0 Å². The lowest BCUT2D eigenvalue weighted by atomic mass is 10.1. The maximum atomic E-state index is 12.2. The van der Waals surface area contributed by atoms with Gasteiger partial charge >= 0.3 is 5.17 Å². The maximum absolute atomic E-state index is 12.2. The second kappa shape index (κ2) is 9.24. The summed E-state index contributed by atoms with van der Waals surface area (Å²) in [4.78, 5) is 25.3. The number of thioether (sulfide) groups is 1. The third kappa shape index (κ3) is 4.81. The van der Waals surface area contributed by atoms with Crippen molar-refractivity contribution in [2.24, 2.45) is 10.2 Å². The second-order valence-electron chi connectivity index (χ2n) is 5.49. The molecule has 0 unspecified atom stereocenters. The number of aromatic nitrogens is 1. The molecule has 0 aliphatic rings. The van der Waals surface area contributed by atoms with Crippen molar-refractivity contribution in [3.63, 3.8) is 0 Å². The van der Waals surface area contributed by atoms with Gasteiger partial charge in [0.15, 0.2) is 11.6 Å². The zero-order valence-corrected chi connectivity index (χ0v) is 16.7. The number of rotatable bonds is 5. The molecule has 2 aromatic carbocycles. The highest BCUT2D eigenvalue weighted by Crippen LogP contribution is 2.30. The minimum Gasteiger partial charge on any atom is -1.00 e. The van der Waals surface area contributed by atoms with Gasteiger partial charge < -0.3 is 27.7 Å². The minimum atomic E-state index is -0.551. The van der Waals surface area contributed by atoms with Gasteiger partial charge in [-0.15, -0.1) is 0 Å². The van der Waals surface area contributed by atoms with Crippen LogP contribution in [0.3, 0.4) is 0 Å². The van der Waals surface area contributed by atoms with Gasteiger partial charge in [-0.05, 0) is 16.9 Å². The van der Waals surface area contributed by atoms with Crippen LogP contribution >= 0.6 is 11.8 Å². The molecule has 3 rings (SSSR count). The number of ketones is 1. The standard InChI is InChI=1S/C17H14N6O3S.BrH/c18-15-12-6-1-2-7-13(12)16(20-15)21-22-17(19)27-9-14(24)10-4-3-5-11(8-10)23(25)26;/h1-8,19-20H,9,18H2;1H/b19-17?,22-21+;. The molecule has 0 saturated heterocycles. The van der Waals surface area contributed by atoms with E-state index in [0.29, 0.717) is 11.6 Å². The lowest BCUT2D eigenvalue weighted by molar-refractivity contribution is -0.384. The molecule has 1 aromatic heterocycles. The van der Waals surface area contributed by atoms with Gasteiger partial charge in [-0.1, -0.05) is 36.4 Å². The fourth-order valence-corrected chi connectivity index (χ4v) is 2.95. The third-order valence-corrected chi connectivity index (χ3v) is 4.49. The van der Waals surface area contributed by atoms with E-state index in [1.807, 2.05) is 24.3 Å². The molecule has 5 N–H and O–H groups in total. The van der Waals surface area contributed by atoms with Gasteiger partial charge in [0.05, 0.1) is 15.8 Å². The van der Waals surface area contributed by atoms with Gasteiger partial charge in [-0.25, -0.2) is 0 Å². The highest BCUT2D eigenvalue weighted by atomic mass is 79.9. The number of azo groups is 1. The molecular weight excluding hydrogens is 448 g/mol. The summed E-state index contributed by atoms with van der Waals surface area (Å²) in [7, 11) is 0. The largest absolute Gasteiger partial charge is 1.00 e. The Hall–Kier alpha value is -3.05. The molecule has 0 bridgehead atoms. The van der Waals surface area contributed by atoms with Crippen LogP contribution in [0.15, 0.2) is 58.8 Å². The number of amidine groups is 1. The Bertz CT molecular complexity index is 1080. The van der Waals surface area contributed by atoms with Crippen molar-refractivity contribution < 1.29 is 32.1 Å². The first-order valence-corrected chi connectivity index (χ1v) is 8.75. The fraction of sp³-hybridized carbons (Fsp3) is 0.0588. The van der Waals surface area contributed by atoms with E-state index >= 15 is 0 Å². The number of anilines is 1. The number of hydrogen-bond donors (Lipinski definition) is 3. The average Bonchev–Trinajstić information content (AvgIpc) is 3.00. The molecule has 0 saturated carbocycles. The fourth-order valence-electron chi connectivity index (χ4n) is 2.41. The van der Waals surface area contributed by atoms with E-state index in [-0.39, 0.29) is 44.9 Å². The number of nitrogens with two attached hydrogens (primary N) is 2. The van der Waals surface area contributed by atoms with Crippen LogP contribution in [0.2, 0.25) is 0 Å². The van der Waals surface area contributed by atoms with E-state index in [1.165, 1.54) is 24.3 Å². The van der Waals surface area contributed by atoms with Gasteiger partial charge in [0.2, 0.25) is 0 Å². The van der Waals surface area contributed by atoms with E-state index in [1.54, 1.807) is 0 Å². The number of aromatic amines is 1. The Morgan fingerprint density at radius 1 is 1.21 bits per heavy atom. The number of nitro benzene ring substituents is 1. The molecule has 0 aliphatic carbocycles. The lowest BCUT2D eigenvalue weighted by Crippen LogP contribution is -3.00. The molecule has 9 nitrogen and oxygen atoms in total. The molecule has 0 atom stereocenters. The zero-order chi connectivity index (χ0) is 19.4. The van der Waals surface area contributed by atoms with E-state index in [9.17, 15) is 14.9 Å². The number of carbonyl (C=O) groups excluding carboxylic acids is 1. The summed E-state index contributed by atoms with van der Waals surface area (Å²) in [5.41, 5.74) is 5.99. The number of carbonyl (C=O) groups is 1. The van der Waals surface area contributed by atoms with Crippen LogP contribution < -0.4 is 28.1 Å². The minimum absolute atomic E-state index is 0. The van der Waals surface area contributed by atoms with Gasteiger partial charge in [-0.2, -0.15) is 0 Å². The first-order chi connectivity index (χ1) is 13.0. The number of fused-ring (bicyclic) bond motifs is 1. The second-order valence-corrected chi connectivity index (χ2v) is 6.49. The molecule has 1 heterocycles. The third-order valence-electron chi connectivity index (χ3n) is 3.70. The molecule has 0 fully saturated rings. The van der Waals surface area contributed by atoms with Crippen LogP contribution in [-0.4, -0.2) is 26.6 Å². The number of nitro groups is 1. The molecule has 0 radical (unpaired) electrons. The predicted molar refractivity (Wildman–Crippen MR) is 104 cm³/mol. The normalized spacial score (nSPS) is 10.7. The molecule has 28 heavy (non-hydrogen) atoms. The zero-order valence-electron chi connectivity index (χ0n) is 14.3. The van der Waals surface area contributed by atoms with Crippen LogP contribution in [0.4, 0.5) is 17.3 Å². The van der Waals surface area contributed by atoms with Crippen molar-refractivity contribution in [1.82, 2.24) is 4.98 Å². The summed E-state index contributed by atoms with van der Waals surface area (Å²) in [5.74, 6) is 0.638. The first kappa shape index (κ1) is 21.3. The van der Waals surface area contributed by atoms with E-state index in [4.69, 9.17) is 11.1 Å². The number of nitrogens with one attached hydrogen (secondary N) is 1. The molecule has 11 heteroatoms. The van der Waals surface area contributed by atoms with Crippen molar-refractivity contribution in [2.75, 3.05) is 11.5 Å². The van der Waals surface area contributed by atoms with Crippen molar-refractivity contribution in [2.45, 2.75) is 0 Å². The molecular formula is C17H15BrN6O3S. The summed E-state index contributed by atoms with van der Waals surface area (Å²) in [6.07, 6.45) is 0. The number of Topliss-reactive ketones (excluding diaryl/α,β-unsaturated/α-hetero) is 1. The number of non-ortho nitro benzene ring substituents is 1. The van der Waals surface area contributed by atoms with Gasteiger partial charge in [-0.3, -0.25) is 20.3 Å². The Morgan fingerprint density at radius 2 is 1.93 bits per heavy atom. The topological polar surface area (TPSA) is 152 Å². The number of nitrogen functional groups attached to an aromatic ring is 1. The molecule has 0 spiro atoms. The number of benzene rings is 2. The highest BCUT2D eigenvalue weighted by Gasteiger charge is 2.15. The number of halogens is 1.